The molecule has 0 fully saturated rings. The minimum Gasteiger partial charge on any atom is -0.462 e. The van der Waals surface area contributed by atoms with Crippen molar-refractivity contribution in [3.8, 4) is 0 Å². The van der Waals surface area contributed by atoms with Gasteiger partial charge in [0.2, 0.25) is 0 Å². The average Bonchev–Trinajstić information content (AvgIpc) is 2.28. The van der Waals surface area contributed by atoms with Crippen LogP contribution >= 0.6 is 0 Å². The minimum absolute atomic E-state index is 0.226. The van der Waals surface area contributed by atoms with Crippen molar-refractivity contribution in [1.29, 1.82) is 0 Å². The maximum absolute atomic E-state index is 10.4. The first-order chi connectivity index (χ1) is 5.59. The number of hydrogen-bond acceptors (Lipinski definition) is 3. The normalized spacial score (nSPS) is 9.92. The van der Waals surface area contributed by atoms with E-state index in [0.29, 0.717) is 5.76 Å². The standard InChI is InChI=1S/C9H12O3/c1-6-4-9(12-7(6)2)5-11-8(3)10/h4H,5H2,1-3H3. The summed E-state index contributed by atoms with van der Waals surface area (Å²) >= 11 is 0. The van der Waals surface area contributed by atoms with Gasteiger partial charge in [0.1, 0.15) is 18.1 Å². The molecule has 0 saturated heterocycles. The van der Waals surface area contributed by atoms with Crippen LogP contribution in [0.25, 0.3) is 0 Å². The number of hydrogen-bond donors (Lipinski definition) is 0. The van der Waals surface area contributed by atoms with Gasteiger partial charge in [0, 0.05) is 6.92 Å². The summed E-state index contributed by atoms with van der Waals surface area (Å²) in [6.07, 6.45) is 0. The summed E-state index contributed by atoms with van der Waals surface area (Å²) in [7, 11) is 0. The molecular formula is C9H12O3. The smallest absolute Gasteiger partial charge is 0.303 e. The van der Waals surface area contributed by atoms with Gasteiger partial charge in [-0.1, -0.05) is 0 Å². The number of ether oxygens (including phenoxy) is 1. The zero-order valence-corrected chi connectivity index (χ0v) is 7.51. The van der Waals surface area contributed by atoms with Crippen LogP contribution in [0.15, 0.2) is 10.5 Å². The van der Waals surface area contributed by atoms with Crippen molar-refractivity contribution >= 4 is 5.97 Å². The second-order valence-corrected chi connectivity index (χ2v) is 2.73. The molecule has 1 heterocycles. The summed E-state index contributed by atoms with van der Waals surface area (Å²) in [5, 5.41) is 0. The quantitative estimate of drug-likeness (QED) is 0.633. The molecule has 0 unspecified atom stereocenters. The van der Waals surface area contributed by atoms with Crippen molar-refractivity contribution < 1.29 is 13.9 Å². The molecule has 0 atom stereocenters. The molecule has 0 amide bonds. The zero-order chi connectivity index (χ0) is 9.14. The third kappa shape index (κ3) is 2.12. The van der Waals surface area contributed by atoms with Crippen LogP contribution in [-0.2, 0) is 16.1 Å². The highest BCUT2D eigenvalue weighted by molar-refractivity contribution is 5.65. The van der Waals surface area contributed by atoms with Gasteiger partial charge in [0.15, 0.2) is 0 Å². The molecule has 0 bridgehead atoms. The van der Waals surface area contributed by atoms with Gasteiger partial charge in [-0.2, -0.15) is 0 Å². The van der Waals surface area contributed by atoms with Crippen LogP contribution in [0.1, 0.15) is 24.0 Å². The Balaban J connectivity index is 2.58. The molecule has 0 spiro atoms. The molecule has 3 heteroatoms. The van der Waals surface area contributed by atoms with Gasteiger partial charge < -0.3 is 9.15 Å². The van der Waals surface area contributed by atoms with Gasteiger partial charge in [0.25, 0.3) is 0 Å². The van der Waals surface area contributed by atoms with Gasteiger partial charge in [0.05, 0.1) is 0 Å². The van der Waals surface area contributed by atoms with Gasteiger partial charge in [-0.15, -0.1) is 0 Å². The number of carbonyl (C=O) groups is 1. The first-order valence-electron chi connectivity index (χ1n) is 3.79. The molecule has 0 N–H and O–H groups in total. The van der Waals surface area contributed by atoms with Crippen LogP contribution in [0.2, 0.25) is 0 Å². The molecule has 1 aromatic heterocycles. The lowest BCUT2D eigenvalue weighted by atomic mass is 10.3. The van der Waals surface area contributed by atoms with Gasteiger partial charge in [-0.3, -0.25) is 4.79 Å². The summed E-state index contributed by atoms with van der Waals surface area (Å²) in [6.45, 7) is 5.44. The molecule has 0 radical (unpaired) electrons. The summed E-state index contributed by atoms with van der Waals surface area (Å²) in [5.74, 6) is 1.28. The summed E-state index contributed by atoms with van der Waals surface area (Å²) in [5.41, 5.74) is 1.08. The van der Waals surface area contributed by atoms with Crippen LogP contribution < -0.4 is 0 Å². The molecule has 0 aliphatic rings. The van der Waals surface area contributed by atoms with Crippen molar-refractivity contribution in [2.24, 2.45) is 0 Å². The zero-order valence-electron chi connectivity index (χ0n) is 7.51. The predicted molar refractivity (Wildman–Crippen MR) is 43.7 cm³/mol. The molecule has 0 saturated carbocycles. The van der Waals surface area contributed by atoms with Crippen molar-refractivity contribution in [3.63, 3.8) is 0 Å². The van der Waals surface area contributed by atoms with Crippen molar-refractivity contribution in [1.82, 2.24) is 0 Å². The average molecular weight is 168 g/mol. The van der Waals surface area contributed by atoms with E-state index in [1.165, 1.54) is 6.92 Å². The van der Waals surface area contributed by atoms with E-state index < -0.39 is 0 Å². The van der Waals surface area contributed by atoms with Gasteiger partial charge in [-0.05, 0) is 25.5 Å². The maximum Gasteiger partial charge on any atom is 0.303 e. The summed E-state index contributed by atoms with van der Waals surface area (Å²) in [6, 6.07) is 1.87. The van der Waals surface area contributed by atoms with Crippen LogP contribution in [0, 0.1) is 13.8 Å². The number of rotatable bonds is 2. The second kappa shape index (κ2) is 3.43. The van der Waals surface area contributed by atoms with E-state index in [0.717, 1.165) is 11.3 Å². The van der Waals surface area contributed by atoms with Gasteiger partial charge in [-0.25, -0.2) is 0 Å². The van der Waals surface area contributed by atoms with Crippen molar-refractivity contribution in [3.05, 3.63) is 23.2 Å². The Bertz CT molecular complexity index is 266. The lowest BCUT2D eigenvalue weighted by Gasteiger charge is -1.96. The third-order valence-corrected chi connectivity index (χ3v) is 1.63. The number of esters is 1. The molecule has 0 aromatic carbocycles. The highest BCUT2D eigenvalue weighted by Crippen LogP contribution is 2.13. The van der Waals surface area contributed by atoms with Crippen LogP contribution in [0.5, 0.6) is 0 Å². The fourth-order valence-corrected chi connectivity index (χ4v) is 0.894. The molecule has 12 heavy (non-hydrogen) atoms. The second-order valence-electron chi connectivity index (χ2n) is 2.73. The highest BCUT2D eigenvalue weighted by atomic mass is 16.5. The predicted octanol–water partition coefficient (Wildman–Crippen LogP) is 1.96. The van der Waals surface area contributed by atoms with Gasteiger partial charge >= 0.3 is 5.97 Å². The Hall–Kier alpha value is -1.25. The first-order valence-corrected chi connectivity index (χ1v) is 3.79. The lowest BCUT2D eigenvalue weighted by Crippen LogP contribution is -1.97. The third-order valence-electron chi connectivity index (χ3n) is 1.63. The Morgan fingerprint density at radius 1 is 1.58 bits per heavy atom. The van der Waals surface area contributed by atoms with E-state index in [1.807, 2.05) is 19.9 Å². The first kappa shape index (κ1) is 8.84. The largest absolute Gasteiger partial charge is 0.462 e. The molecule has 1 rings (SSSR count). The van der Waals surface area contributed by atoms with E-state index in [4.69, 9.17) is 9.15 Å². The lowest BCUT2D eigenvalue weighted by molar-refractivity contribution is -0.142. The Labute approximate surface area is 71.3 Å². The molecule has 1 aromatic rings. The van der Waals surface area contributed by atoms with E-state index in [1.54, 1.807) is 0 Å². The molecule has 0 aliphatic carbocycles. The summed E-state index contributed by atoms with van der Waals surface area (Å²) < 4.78 is 10.1. The number of carbonyl (C=O) groups excluding carboxylic acids is 1. The van der Waals surface area contributed by atoms with E-state index >= 15 is 0 Å². The van der Waals surface area contributed by atoms with E-state index in [2.05, 4.69) is 0 Å². The number of aryl methyl sites for hydroxylation is 2. The Morgan fingerprint density at radius 2 is 2.25 bits per heavy atom. The molecule has 3 nitrogen and oxygen atoms in total. The fourth-order valence-electron chi connectivity index (χ4n) is 0.894. The fraction of sp³-hybridized carbons (Fsp3) is 0.444. The van der Waals surface area contributed by atoms with Crippen molar-refractivity contribution in [2.45, 2.75) is 27.4 Å². The van der Waals surface area contributed by atoms with E-state index in [9.17, 15) is 4.79 Å². The molecule has 66 valence electrons. The SMILES string of the molecule is CC(=O)OCc1cc(C)c(C)o1. The van der Waals surface area contributed by atoms with E-state index in [-0.39, 0.29) is 12.6 Å². The molecular weight excluding hydrogens is 156 g/mol. The van der Waals surface area contributed by atoms with Crippen molar-refractivity contribution in [2.75, 3.05) is 0 Å². The van der Waals surface area contributed by atoms with Crippen LogP contribution in [0.4, 0.5) is 0 Å². The topological polar surface area (TPSA) is 39.4 Å². The Morgan fingerprint density at radius 3 is 2.67 bits per heavy atom. The highest BCUT2D eigenvalue weighted by Gasteiger charge is 2.04. The van der Waals surface area contributed by atoms with Crippen LogP contribution in [-0.4, -0.2) is 5.97 Å². The number of furan rings is 1. The Kier molecular flexibility index (Phi) is 2.53. The van der Waals surface area contributed by atoms with Crippen LogP contribution in [0.3, 0.4) is 0 Å². The summed E-state index contributed by atoms with van der Waals surface area (Å²) in [4.78, 5) is 10.4. The monoisotopic (exact) mass is 168 g/mol. The minimum atomic E-state index is -0.290. The maximum atomic E-state index is 10.4. The molecule has 0 aliphatic heterocycles.